The maximum Gasteiger partial charge on any atom is 0.123 e. The molecule has 0 spiro atoms. The number of piperazine rings is 1. The molecule has 0 amide bonds. The van der Waals surface area contributed by atoms with Crippen molar-refractivity contribution in [2.24, 2.45) is 5.84 Å². The second-order valence-electron chi connectivity index (χ2n) is 5.46. The van der Waals surface area contributed by atoms with Crippen LogP contribution in [0.3, 0.4) is 0 Å². The molecular formula is C14H23FN4. The van der Waals surface area contributed by atoms with Gasteiger partial charge in [-0.1, -0.05) is 6.07 Å². The first-order chi connectivity index (χ1) is 9.02. The van der Waals surface area contributed by atoms with E-state index in [0.29, 0.717) is 0 Å². The van der Waals surface area contributed by atoms with Gasteiger partial charge in [0.05, 0.1) is 6.04 Å². The molecule has 0 aliphatic carbocycles. The van der Waals surface area contributed by atoms with Crippen molar-refractivity contribution in [2.45, 2.75) is 19.0 Å². The molecule has 3 N–H and O–H groups in total. The van der Waals surface area contributed by atoms with Crippen molar-refractivity contribution in [1.82, 2.24) is 15.2 Å². The van der Waals surface area contributed by atoms with Gasteiger partial charge in [-0.15, -0.1) is 0 Å². The lowest BCUT2D eigenvalue weighted by atomic mass is 9.93. The van der Waals surface area contributed by atoms with E-state index >= 15 is 0 Å². The van der Waals surface area contributed by atoms with Crippen LogP contribution in [-0.2, 0) is 0 Å². The molecule has 0 saturated carbocycles. The lowest BCUT2D eigenvalue weighted by molar-refractivity contribution is 0.0875. The lowest BCUT2D eigenvalue weighted by Crippen LogP contribution is -2.56. The second-order valence-corrected chi connectivity index (χ2v) is 5.46. The molecule has 1 saturated heterocycles. The predicted molar refractivity (Wildman–Crippen MR) is 75.1 cm³/mol. The monoisotopic (exact) mass is 266 g/mol. The predicted octanol–water partition coefficient (Wildman–Crippen LogP) is 0.884. The molecule has 1 aromatic rings. The fourth-order valence-electron chi connectivity index (χ4n) is 2.80. The molecule has 1 aromatic carbocycles. The molecule has 0 aromatic heterocycles. The summed E-state index contributed by atoms with van der Waals surface area (Å²) in [6.07, 6.45) is 0. The third-order valence-electron chi connectivity index (χ3n) is 4.03. The van der Waals surface area contributed by atoms with Crippen LogP contribution in [0.4, 0.5) is 4.39 Å². The Balaban J connectivity index is 2.27. The van der Waals surface area contributed by atoms with Crippen molar-refractivity contribution in [3.63, 3.8) is 0 Å². The summed E-state index contributed by atoms with van der Waals surface area (Å²) in [5.74, 6) is 5.56. The van der Waals surface area contributed by atoms with Gasteiger partial charge in [0.25, 0.3) is 0 Å². The van der Waals surface area contributed by atoms with E-state index in [9.17, 15) is 4.39 Å². The maximum absolute atomic E-state index is 13.2. The highest BCUT2D eigenvalue weighted by Crippen LogP contribution is 2.25. The van der Waals surface area contributed by atoms with E-state index < -0.39 is 0 Å². The van der Waals surface area contributed by atoms with Crippen LogP contribution < -0.4 is 11.3 Å². The Morgan fingerprint density at radius 1 is 1.37 bits per heavy atom. The molecule has 2 rings (SSSR count). The number of benzene rings is 1. The number of nitrogens with two attached hydrogens (primary N) is 1. The van der Waals surface area contributed by atoms with Crippen molar-refractivity contribution in [3.8, 4) is 0 Å². The Labute approximate surface area is 114 Å². The fraction of sp³-hybridized carbons (Fsp3) is 0.571. The number of nitrogens with zero attached hydrogens (tertiary/aromatic N) is 2. The SMILES string of the molecule is Cc1cc(F)ccc1C(NN)C1CN(C)CCN1C. The minimum absolute atomic E-state index is 0.00773. The highest BCUT2D eigenvalue weighted by atomic mass is 19.1. The van der Waals surface area contributed by atoms with Gasteiger partial charge in [0.15, 0.2) is 0 Å². The van der Waals surface area contributed by atoms with Crippen LogP contribution in [-0.4, -0.2) is 49.6 Å². The van der Waals surface area contributed by atoms with E-state index in [-0.39, 0.29) is 17.9 Å². The largest absolute Gasteiger partial charge is 0.303 e. The zero-order chi connectivity index (χ0) is 14.0. The van der Waals surface area contributed by atoms with Crippen LogP contribution in [0.25, 0.3) is 0 Å². The summed E-state index contributed by atoms with van der Waals surface area (Å²) < 4.78 is 13.2. The van der Waals surface area contributed by atoms with Crippen molar-refractivity contribution in [1.29, 1.82) is 0 Å². The smallest absolute Gasteiger partial charge is 0.123 e. The first kappa shape index (κ1) is 14.4. The van der Waals surface area contributed by atoms with Crippen molar-refractivity contribution >= 4 is 0 Å². The van der Waals surface area contributed by atoms with Crippen LogP contribution in [0.5, 0.6) is 0 Å². The maximum atomic E-state index is 13.2. The summed E-state index contributed by atoms with van der Waals surface area (Å²) in [5.41, 5.74) is 4.91. The molecule has 106 valence electrons. The number of rotatable bonds is 3. The summed E-state index contributed by atoms with van der Waals surface area (Å²) in [6, 6.07) is 5.18. The Hall–Kier alpha value is -1.01. The molecular weight excluding hydrogens is 243 g/mol. The molecule has 2 atom stereocenters. The number of hydrazine groups is 1. The van der Waals surface area contributed by atoms with Gasteiger partial charge in [0, 0.05) is 25.7 Å². The average Bonchev–Trinajstić information content (AvgIpc) is 2.36. The zero-order valence-electron chi connectivity index (χ0n) is 11.9. The van der Waals surface area contributed by atoms with Crippen molar-refractivity contribution in [3.05, 3.63) is 35.1 Å². The lowest BCUT2D eigenvalue weighted by Gasteiger charge is -2.42. The Morgan fingerprint density at radius 2 is 2.11 bits per heavy atom. The number of aryl methyl sites for hydroxylation is 1. The Kier molecular flexibility index (Phi) is 4.52. The zero-order valence-corrected chi connectivity index (χ0v) is 11.9. The van der Waals surface area contributed by atoms with E-state index in [1.54, 1.807) is 6.07 Å². The molecule has 5 heteroatoms. The molecule has 1 aliphatic rings. The van der Waals surface area contributed by atoms with Gasteiger partial charge < -0.3 is 4.90 Å². The topological polar surface area (TPSA) is 44.5 Å². The number of hydrogen-bond acceptors (Lipinski definition) is 4. The summed E-state index contributed by atoms with van der Waals surface area (Å²) >= 11 is 0. The molecule has 1 aliphatic heterocycles. The quantitative estimate of drug-likeness (QED) is 0.630. The average molecular weight is 266 g/mol. The second kappa shape index (κ2) is 5.96. The molecule has 4 nitrogen and oxygen atoms in total. The van der Waals surface area contributed by atoms with Crippen molar-refractivity contribution in [2.75, 3.05) is 33.7 Å². The van der Waals surface area contributed by atoms with Crippen LogP contribution in [0.2, 0.25) is 0 Å². The highest BCUT2D eigenvalue weighted by molar-refractivity contribution is 5.30. The third-order valence-corrected chi connectivity index (χ3v) is 4.03. The summed E-state index contributed by atoms with van der Waals surface area (Å²) in [5, 5.41) is 0. The minimum Gasteiger partial charge on any atom is -0.303 e. The van der Waals surface area contributed by atoms with E-state index in [1.807, 2.05) is 13.0 Å². The van der Waals surface area contributed by atoms with E-state index in [2.05, 4.69) is 29.3 Å². The van der Waals surface area contributed by atoms with E-state index in [1.165, 1.54) is 6.07 Å². The number of nitrogens with one attached hydrogen (secondary N) is 1. The minimum atomic E-state index is -0.203. The Morgan fingerprint density at radius 3 is 2.74 bits per heavy atom. The highest BCUT2D eigenvalue weighted by Gasteiger charge is 2.31. The molecule has 0 bridgehead atoms. The van der Waals surface area contributed by atoms with Crippen LogP contribution >= 0.6 is 0 Å². The summed E-state index contributed by atoms with van der Waals surface area (Å²) in [7, 11) is 4.23. The molecule has 19 heavy (non-hydrogen) atoms. The first-order valence-corrected chi connectivity index (χ1v) is 6.64. The molecule has 0 radical (unpaired) electrons. The van der Waals surface area contributed by atoms with E-state index in [0.717, 1.165) is 30.8 Å². The van der Waals surface area contributed by atoms with Gasteiger partial charge >= 0.3 is 0 Å². The summed E-state index contributed by atoms with van der Waals surface area (Å²) in [4.78, 5) is 4.61. The normalized spacial score (nSPS) is 23.5. The standard InChI is InChI=1S/C14H23FN4/c1-10-8-11(15)4-5-12(10)14(17-16)13-9-18(2)6-7-19(13)3/h4-5,8,13-14,17H,6-7,9,16H2,1-3H3. The van der Waals surface area contributed by atoms with Gasteiger partial charge in [0.2, 0.25) is 0 Å². The Bertz CT molecular complexity index is 437. The first-order valence-electron chi connectivity index (χ1n) is 6.64. The van der Waals surface area contributed by atoms with Crippen LogP contribution in [0.1, 0.15) is 17.2 Å². The third kappa shape index (κ3) is 3.12. The summed E-state index contributed by atoms with van der Waals surface area (Å²) in [6.45, 7) is 4.95. The van der Waals surface area contributed by atoms with Gasteiger partial charge in [-0.05, 0) is 44.3 Å². The number of halogens is 1. The van der Waals surface area contributed by atoms with Gasteiger partial charge in [0.1, 0.15) is 5.82 Å². The van der Waals surface area contributed by atoms with Crippen LogP contribution in [0, 0.1) is 12.7 Å². The van der Waals surface area contributed by atoms with Crippen LogP contribution in [0.15, 0.2) is 18.2 Å². The number of hydrogen-bond donors (Lipinski definition) is 2. The fourth-order valence-corrected chi connectivity index (χ4v) is 2.80. The van der Waals surface area contributed by atoms with Gasteiger partial charge in [-0.25, -0.2) is 4.39 Å². The van der Waals surface area contributed by atoms with Gasteiger partial charge in [-0.2, -0.15) is 0 Å². The molecule has 1 heterocycles. The van der Waals surface area contributed by atoms with Crippen molar-refractivity contribution < 1.29 is 4.39 Å². The van der Waals surface area contributed by atoms with E-state index in [4.69, 9.17) is 5.84 Å². The van der Waals surface area contributed by atoms with Gasteiger partial charge in [-0.3, -0.25) is 16.2 Å². The molecule has 2 unspecified atom stereocenters. The number of likely N-dealkylation sites (N-methyl/N-ethyl adjacent to an activating group) is 2. The molecule has 1 fully saturated rings.